The number of rotatable bonds is 5. The summed E-state index contributed by atoms with van der Waals surface area (Å²) in [6.07, 6.45) is 3.72. The fourth-order valence-electron chi connectivity index (χ4n) is 4.26. The Balaban J connectivity index is 1.33. The van der Waals surface area contributed by atoms with E-state index in [4.69, 9.17) is 9.15 Å². The molecule has 0 fully saturated rings. The lowest BCUT2D eigenvalue weighted by atomic mass is 9.80. The van der Waals surface area contributed by atoms with Gasteiger partial charge in [0.2, 0.25) is 5.78 Å². The second-order valence-corrected chi connectivity index (χ2v) is 8.08. The van der Waals surface area contributed by atoms with Gasteiger partial charge >= 0.3 is 5.97 Å². The van der Waals surface area contributed by atoms with E-state index >= 15 is 0 Å². The van der Waals surface area contributed by atoms with Crippen LogP contribution in [0.5, 0.6) is 0 Å². The number of carbonyl (C=O) groups is 2. The number of oxazole rings is 1. The molecule has 33 heavy (non-hydrogen) atoms. The molecule has 0 aliphatic heterocycles. The molecule has 6 nitrogen and oxygen atoms in total. The van der Waals surface area contributed by atoms with Crippen LogP contribution >= 0.6 is 0 Å². The van der Waals surface area contributed by atoms with E-state index in [1.807, 2.05) is 18.2 Å². The van der Waals surface area contributed by atoms with Crippen LogP contribution < -0.4 is 0 Å². The van der Waals surface area contributed by atoms with Gasteiger partial charge in [0.05, 0.1) is 13.3 Å². The highest BCUT2D eigenvalue weighted by Gasteiger charge is 2.29. The zero-order chi connectivity index (χ0) is 22.8. The van der Waals surface area contributed by atoms with E-state index in [1.165, 1.54) is 35.6 Å². The van der Waals surface area contributed by atoms with E-state index in [1.54, 1.807) is 18.2 Å². The van der Waals surface area contributed by atoms with Crippen molar-refractivity contribution in [3.63, 3.8) is 0 Å². The molecular weight excluding hydrogens is 416 g/mol. The molecule has 2 aromatic carbocycles. The third kappa shape index (κ3) is 4.20. The molecule has 0 bridgehead atoms. The topological polar surface area (TPSA) is 82.3 Å². The third-order valence-corrected chi connectivity index (χ3v) is 6.03. The molecule has 0 saturated carbocycles. The van der Waals surface area contributed by atoms with Crippen LogP contribution in [0.1, 0.15) is 38.7 Å². The highest BCUT2D eigenvalue weighted by atomic mass is 16.5. The molecule has 0 radical (unpaired) electrons. The Hall–Kier alpha value is -4.06. The summed E-state index contributed by atoms with van der Waals surface area (Å²) in [4.78, 5) is 33.3. The van der Waals surface area contributed by atoms with Gasteiger partial charge < -0.3 is 9.15 Å². The summed E-state index contributed by atoms with van der Waals surface area (Å²) in [5.74, 6) is -0.412. The van der Waals surface area contributed by atoms with E-state index in [0.717, 1.165) is 12.8 Å². The Morgan fingerprint density at radius 2 is 1.82 bits per heavy atom. The standard InChI is InChI=1S/C27H22N2O4/c1-32-27(31)23-9-5-8-22(29-23)24-16-28-26(33-24)25(30)21-13-12-19-14-18(10-11-20(19)15-21)17-6-3-2-4-7-17/h2-11,14,16,21H,12-13,15H2,1H3/t21-/m1/s1. The Kier molecular flexibility index (Phi) is 5.57. The highest BCUT2D eigenvalue weighted by molar-refractivity contribution is 5.94. The fourth-order valence-corrected chi connectivity index (χ4v) is 4.26. The van der Waals surface area contributed by atoms with Gasteiger partial charge in [-0.2, -0.15) is 0 Å². The molecule has 6 heteroatoms. The summed E-state index contributed by atoms with van der Waals surface area (Å²) in [6.45, 7) is 0. The van der Waals surface area contributed by atoms with Crippen molar-refractivity contribution < 1.29 is 18.7 Å². The van der Waals surface area contributed by atoms with Gasteiger partial charge in [0, 0.05) is 5.92 Å². The van der Waals surface area contributed by atoms with E-state index < -0.39 is 5.97 Å². The molecule has 4 aromatic rings. The number of nitrogens with zero attached hydrogens (tertiary/aromatic N) is 2. The Morgan fingerprint density at radius 1 is 0.970 bits per heavy atom. The lowest BCUT2D eigenvalue weighted by Gasteiger charge is -2.23. The lowest BCUT2D eigenvalue weighted by molar-refractivity contribution is 0.0594. The van der Waals surface area contributed by atoms with Gasteiger partial charge in [0.25, 0.3) is 5.89 Å². The minimum absolute atomic E-state index is 0.0737. The maximum atomic E-state index is 13.1. The summed E-state index contributed by atoms with van der Waals surface area (Å²) in [6, 6.07) is 21.7. The van der Waals surface area contributed by atoms with Crippen molar-refractivity contribution in [2.24, 2.45) is 5.92 Å². The van der Waals surface area contributed by atoms with Gasteiger partial charge in [-0.3, -0.25) is 4.79 Å². The highest BCUT2D eigenvalue weighted by Crippen LogP contribution is 2.32. The zero-order valence-electron chi connectivity index (χ0n) is 18.2. The molecule has 2 aromatic heterocycles. The molecular formula is C27H22N2O4. The number of esters is 1. The molecule has 5 rings (SSSR count). The Labute approximate surface area is 191 Å². The maximum Gasteiger partial charge on any atom is 0.356 e. The monoisotopic (exact) mass is 438 g/mol. The largest absolute Gasteiger partial charge is 0.464 e. The van der Waals surface area contributed by atoms with Crippen molar-refractivity contribution in [1.82, 2.24) is 9.97 Å². The van der Waals surface area contributed by atoms with Crippen LogP contribution in [0, 0.1) is 5.92 Å². The first-order valence-corrected chi connectivity index (χ1v) is 10.9. The van der Waals surface area contributed by atoms with Crippen molar-refractivity contribution >= 4 is 11.8 Å². The van der Waals surface area contributed by atoms with Crippen LogP contribution in [0.15, 0.2) is 77.3 Å². The lowest BCUT2D eigenvalue weighted by Crippen LogP contribution is -2.23. The number of aryl methyl sites for hydroxylation is 1. The fraction of sp³-hybridized carbons (Fsp3) is 0.185. The predicted molar refractivity (Wildman–Crippen MR) is 123 cm³/mol. The second-order valence-electron chi connectivity index (χ2n) is 8.08. The predicted octanol–water partition coefficient (Wildman–Crippen LogP) is 5.18. The number of hydrogen-bond acceptors (Lipinski definition) is 6. The van der Waals surface area contributed by atoms with Crippen LogP contribution in [-0.2, 0) is 17.6 Å². The number of pyridine rings is 1. The smallest absolute Gasteiger partial charge is 0.356 e. The molecule has 0 N–H and O–H groups in total. The molecule has 2 heterocycles. The summed E-state index contributed by atoms with van der Waals surface area (Å²) in [7, 11) is 1.30. The molecule has 0 spiro atoms. The van der Waals surface area contributed by atoms with Crippen LogP contribution in [0.25, 0.3) is 22.6 Å². The molecule has 0 saturated heterocycles. The molecule has 1 aliphatic rings. The average molecular weight is 438 g/mol. The average Bonchev–Trinajstić information content (AvgIpc) is 3.38. The van der Waals surface area contributed by atoms with Crippen LogP contribution in [0.3, 0.4) is 0 Å². The molecule has 1 atom stereocenters. The van der Waals surface area contributed by atoms with Gasteiger partial charge in [0.15, 0.2) is 5.76 Å². The first-order chi connectivity index (χ1) is 16.1. The van der Waals surface area contributed by atoms with E-state index in [2.05, 4.69) is 40.3 Å². The number of Topliss-reactive ketones (excluding diaryl/α,β-unsaturated/α-hetero) is 1. The van der Waals surface area contributed by atoms with Crippen molar-refractivity contribution in [2.45, 2.75) is 19.3 Å². The van der Waals surface area contributed by atoms with Crippen molar-refractivity contribution in [3.05, 3.63) is 95.6 Å². The summed E-state index contributed by atoms with van der Waals surface area (Å²) in [5, 5.41) is 0. The number of benzene rings is 2. The van der Waals surface area contributed by atoms with E-state index in [9.17, 15) is 9.59 Å². The maximum absolute atomic E-state index is 13.1. The van der Waals surface area contributed by atoms with E-state index in [-0.39, 0.29) is 23.3 Å². The number of ether oxygens (including phenoxy) is 1. The minimum atomic E-state index is -0.538. The normalized spacial score (nSPS) is 15.0. The molecule has 1 aliphatic carbocycles. The number of ketones is 1. The number of hydrogen-bond donors (Lipinski definition) is 0. The second kappa shape index (κ2) is 8.82. The number of methoxy groups -OCH3 is 1. The van der Waals surface area contributed by atoms with Gasteiger partial charge in [-0.1, -0.05) is 54.6 Å². The quantitative estimate of drug-likeness (QED) is 0.315. The molecule has 0 unspecified atom stereocenters. The van der Waals surface area contributed by atoms with Crippen LogP contribution in [0.4, 0.5) is 0 Å². The minimum Gasteiger partial charge on any atom is -0.464 e. The number of fused-ring (bicyclic) bond motifs is 1. The van der Waals surface area contributed by atoms with Gasteiger partial charge in [-0.05, 0) is 53.6 Å². The Bertz CT molecular complexity index is 1330. The molecule has 0 amide bonds. The Morgan fingerprint density at radius 3 is 2.64 bits per heavy atom. The van der Waals surface area contributed by atoms with E-state index in [0.29, 0.717) is 17.9 Å². The van der Waals surface area contributed by atoms with Crippen LogP contribution in [0.2, 0.25) is 0 Å². The summed E-state index contributed by atoms with van der Waals surface area (Å²) < 4.78 is 10.5. The first kappa shape index (κ1) is 20.8. The van der Waals surface area contributed by atoms with Gasteiger partial charge in [0.1, 0.15) is 11.4 Å². The van der Waals surface area contributed by atoms with Crippen LogP contribution in [-0.4, -0.2) is 28.8 Å². The summed E-state index contributed by atoms with van der Waals surface area (Å²) in [5.41, 5.74) is 5.45. The van der Waals surface area contributed by atoms with Crippen molar-refractivity contribution in [2.75, 3.05) is 7.11 Å². The van der Waals surface area contributed by atoms with Gasteiger partial charge in [-0.25, -0.2) is 14.8 Å². The van der Waals surface area contributed by atoms with Gasteiger partial charge in [-0.15, -0.1) is 0 Å². The third-order valence-electron chi connectivity index (χ3n) is 6.03. The first-order valence-electron chi connectivity index (χ1n) is 10.9. The SMILES string of the molecule is COC(=O)c1cccc(-c2cnc(C(=O)[C@@H]3CCc4cc(-c5ccccc5)ccc4C3)o2)n1. The molecule has 164 valence electrons. The zero-order valence-corrected chi connectivity index (χ0v) is 18.2. The number of carbonyl (C=O) groups excluding carboxylic acids is 2. The summed E-state index contributed by atoms with van der Waals surface area (Å²) >= 11 is 0. The van der Waals surface area contributed by atoms with Crippen molar-refractivity contribution in [1.29, 1.82) is 0 Å². The number of aromatic nitrogens is 2. The van der Waals surface area contributed by atoms with Crippen molar-refractivity contribution in [3.8, 4) is 22.6 Å².